The topological polar surface area (TPSA) is 75.7 Å². The highest BCUT2D eigenvalue weighted by atomic mass is 32.2. The number of carbonyl (C=O) groups excluding carboxylic acids is 1. The van der Waals surface area contributed by atoms with Crippen LogP contribution < -0.4 is 9.46 Å². The Hall–Kier alpha value is -2.38. The van der Waals surface area contributed by atoms with Gasteiger partial charge >= 0.3 is 0 Å². The molecule has 1 amide bonds. The second-order valence-electron chi connectivity index (χ2n) is 7.31. The number of sulfonamides is 1. The van der Waals surface area contributed by atoms with E-state index in [0.29, 0.717) is 45.4 Å². The summed E-state index contributed by atoms with van der Waals surface area (Å²) in [5.74, 6) is 0.953. The maximum Gasteiger partial charge on any atom is 0.240 e. The number of hydrogen-bond acceptors (Lipinski definition) is 4. The van der Waals surface area contributed by atoms with Crippen LogP contribution in [0.25, 0.3) is 0 Å². The highest BCUT2D eigenvalue weighted by molar-refractivity contribution is 7.89. The van der Waals surface area contributed by atoms with E-state index in [1.165, 1.54) is 0 Å². The number of likely N-dealkylation sites (tertiary alicyclic amines) is 1. The molecule has 7 heteroatoms. The van der Waals surface area contributed by atoms with E-state index < -0.39 is 10.0 Å². The zero-order chi connectivity index (χ0) is 20.7. The normalized spacial score (nSPS) is 15.3. The van der Waals surface area contributed by atoms with Gasteiger partial charge in [-0.25, -0.2) is 13.1 Å². The number of benzene rings is 2. The van der Waals surface area contributed by atoms with Gasteiger partial charge in [0.25, 0.3) is 0 Å². The summed E-state index contributed by atoms with van der Waals surface area (Å²) in [6.45, 7) is 3.64. The third-order valence-corrected chi connectivity index (χ3v) is 6.65. The SMILES string of the molecule is Cc1ccccc1OCCCC(=O)N1CCC(NS(=O)(=O)c2ccccc2)CC1. The summed E-state index contributed by atoms with van der Waals surface area (Å²) in [4.78, 5) is 14.5. The smallest absolute Gasteiger partial charge is 0.240 e. The summed E-state index contributed by atoms with van der Waals surface area (Å²) in [5, 5.41) is 0. The van der Waals surface area contributed by atoms with E-state index in [9.17, 15) is 13.2 Å². The number of carbonyl (C=O) groups is 1. The van der Waals surface area contributed by atoms with E-state index in [2.05, 4.69) is 4.72 Å². The van der Waals surface area contributed by atoms with Gasteiger partial charge in [-0.15, -0.1) is 0 Å². The first-order valence-electron chi connectivity index (χ1n) is 9.99. The molecule has 0 saturated carbocycles. The summed E-state index contributed by atoms with van der Waals surface area (Å²) < 4.78 is 33.4. The number of piperidine rings is 1. The Morgan fingerprint density at radius 1 is 1.07 bits per heavy atom. The van der Waals surface area contributed by atoms with Crippen LogP contribution in [0.1, 0.15) is 31.2 Å². The van der Waals surface area contributed by atoms with Crippen molar-refractivity contribution in [1.82, 2.24) is 9.62 Å². The molecule has 0 radical (unpaired) electrons. The van der Waals surface area contributed by atoms with Crippen LogP contribution in [0.4, 0.5) is 0 Å². The molecule has 0 bridgehead atoms. The van der Waals surface area contributed by atoms with Crippen molar-refractivity contribution in [2.45, 2.75) is 43.5 Å². The van der Waals surface area contributed by atoms with Gasteiger partial charge in [0.05, 0.1) is 11.5 Å². The number of nitrogens with one attached hydrogen (secondary N) is 1. The van der Waals surface area contributed by atoms with Crippen LogP contribution in [0.3, 0.4) is 0 Å². The molecule has 0 atom stereocenters. The van der Waals surface area contributed by atoms with Crippen molar-refractivity contribution in [2.75, 3.05) is 19.7 Å². The van der Waals surface area contributed by atoms with Gasteiger partial charge in [-0.05, 0) is 49.9 Å². The number of amides is 1. The Bertz CT molecular complexity index is 907. The molecule has 1 saturated heterocycles. The monoisotopic (exact) mass is 416 g/mol. The highest BCUT2D eigenvalue weighted by Crippen LogP contribution is 2.18. The van der Waals surface area contributed by atoms with Gasteiger partial charge in [0.2, 0.25) is 15.9 Å². The van der Waals surface area contributed by atoms with Crippen LogP contribution in [-0.2, 0) is 14.8 Å². The Kier molecular flexibility index (Phi) is 7.28. The molecule has 1 aliphatic rings. The summed E-state index contributed by atoms with van der Waals surface area (Å²) in [7, 11) is -3.52. The summed E-state index contributed by atoms with van der Waals surface area (Å²) in [6.07, 6.45) is 2.34. The van der Waals surface area contributed by atoms with Crippen molar-refractivity contribution in [2.24, 2.45) is 0 Å². The minimum absolute atomic E-state index is 0.0998. The predicted molar refractivity (Wildman–Crippen MR) is 112 cm³/mol. The molecule has 156 valence electrons. The quantitative estimate of drug-likeness (QED) is 0.671. The van der Waals surface area contributed by atoms with Crippen LogP contribution >= 0.6 is 0 Å². The van der Waals surface area contributed by atoms with Gasteiger partial charge in [-0.2, -0.15) is 0 Å². The molecule has 0 spiro atoms. The Morgan fingerprint density at radius 2 is 1.72 bits per heavy atom. The minimum Gasteiger partial charge on any atom is -0.493 e. The van der Waals surface area contributed by atoms with Crippen LogP contribution in [0.5, 0.6) is 5.75 Å². The fourth-order valence-corrected chi connectivity index (χ4v) is 4.74. The molecule has 1 heterocycles. The van der Waals surface area contributed by atoms with E-state index in [0.717, 1.165) is 11.3 Å². The largest absolute Gasteiger partial charge is 0.493 e. The van der Waals surface area contributed by atoms with E-state index in [1.54, 1.807) is 30.3 Å². The zero-order valence-electron chi connectivity index (χ0n) is 16.7. The molecule has 2 aromatic carbocycles. The fourth-order valence-electron chi connectivity index (χ4n) is 3.42. The molecule has 6 nitrogen and oxygen atoms in total. The lowest BCUT2D eigenvalue weighted by Gasteiger charge is -2.32. The Balaban J connectivity index is 1.39. The van der Waals surface area contributed by atoms with E-state index >= 15 is 0 Å². The lowest BCUT2D eigenvalue weighted by Crippen LogP contribution is -2.46. The van der Waals surface area contributed by atoms with Gasteiger partial charge in [0.1, 0.15) is 5.75 Å². The molecule has 2 aromatic rings. The number of aryl methyl sites for hydroxylation is 1. The first-order chi connectivity index (χ1) is 14.0. The van der Waals surface area contributed by atoms with Crippen LogP contribution in [-0.4, -0.2) is 45.0 Å². The number of nitrogens with zero attached hydrogens (tertiary/aromatic N) is 1. The number of hydrogen-bond donors (Lipinski definition) is 1. The molecule has 1 N–H and O–H groups in total. The molecule has 0 unspecified atom stereocenters. The van der Waals surface area contributed by atoms with Crippen molar-refractivity contribution in [3.05, 3.63) is 60.2 Å². The van der Waals surface area contributed by atoms with Crippen LogP contribution in [0.2, 0.25) is 0 Å². The number of para-hydroxylation sites is 1. The average Bonchev–Trinajstić information content (AvgIpc) is 2.73. The Labute approximate surface area is 172 Å². The van der Waals surface area contributed by atoms with Crippen molar-refractivity contribution >= 4 is 15.9 Å². The number of rotatable bonds is 8. The standard InChI is InChI=1S/C22H28N2O4S/c1-18-8-5-6-11-21(18)28-17-7-12-22(25)24-15-13-19(14-16-24)23-29(26,27)20-9-3-2-4-10-20/h2-6,8-11,19,23H,7,12-17H2,1H3. The van der Waals surface area contributed by atoms with E-state index in [-0.39, 0.29) is 16.8 Å². The zero-order valence-corrected chi connectivity index (χ0v) is 17.5. The lowest BCUT2D eigenvalue weighted by atomic mass is 10.1. The van der Waals surface area contributed by atoms with Gasteiger partial charge in [-0.3, -0.25) is 4.79 Å². The van der Waals surface area contributed by atoms with Gasteiger partial charge in [0.15, 0.2) is 0 Å². The second kappa shape index (κ2) is 9.89. The minimum atomic E-state index is -3.52. The molecular weight excluding hydrogens is 388 g/mol. The van der Waals surface area contributed by atoms with Gasteiger partial charge < -0.3 is 9.64 Å². The van der Waals surface area contributed by atoms with Gasteiger partial charge in [0, 0.05) is 25.6 Å². The van der Waals surface area contributed by atoms with E-state index in [4.69, 9.17) is 4.74 Å². The first-order valence-corrected chi connectivity index (χ1v) is 11.5. The third-order valence-electron chi connectivity index (χ3n) is 5.11. The average molecular weight is 417 g/mol. The Morgan fingerprint density at radius 3 is 2.41 bits per heavy atom. The highest BCUT2D eigenvalue weighted by Gasteiger charge is 2.26. The third kappa shape index (κ3) is 6.05. The predicted octanol–water partition coefficient (Wildman–Crippen LogP) is 3.12. The van der Waals surface area contributed by atoms with Crippen molar-refractivity contribution in [3.63, 3.8) is 0 Å². The second-order valence-corrected chi connectivity index (χ2v) is 9.02. The molecule has 1 fully saturated rings. The molecule has 1 aliphatic heterocycles. The summed E-state index contributed by atoms with van der Waals surface area (Å²) >= 11 is 0. The van der Waals surface area contributed by atoms with Gasteiger partial charge in [-0.1, -0.05) is 36.4 Å². The molecular formula is C22H28N2O4S. The lowest BCUT2D eigenvalue weighted by molar-refractivity contribution is -0.132. The number of ether oxygens (including phenoxy) is 1. The molecule has 0 aliphatic carbocycles. The molecule has 3 rings (SSSR count). The van der Waals surface area contributed by atoms with Crippen molar-refractivity contribution < 1.29 is 17.9 Å². The molecule has 0 aromatic heterocycles. The first kappa shape index (κ1) is 21.3. The maximum absolute atomic E-state index is 12.4. The maximum atomic E-state index is 12.4. The van der Waals surface area contributed by atoms with E-state index in [1.807, 2.05) is 36.1 Å². The fraction of sp³-hybridized carbons (Fsp3) is 0.409. The summed E-state index contributed by atoms with van der Waals surface area (Å²) in [6, 6.07) is 16.1. The summed E-state index contributed by atoms with van der Waals surface area (Å²) in [5.41, 5.74) is 1.08. The van der Waals surface area contributed by atoms with Crippen LogP contribution in [0, 0.1) is 6.92 Å². The van der Waals surface area contributed by atoms with Crippen LogP contribution in [0.15, 0.2) is 59.5 Å². The van der Waals surface area contributed by atoms with Crippen molar-refractivity contribution in [3.8, 4) is 5.75 Å². The van der Waals surface area contributed by atoms with Crippen molar-refractivity contribution in [1.29, 1.82) is 0 Å². The molecule has 29 heavy (non-hydrogen) atoms.